The number of fused-ring (bicyclic) bond motifs is 1. The van der Waals surface area contributed by atoms with Crippen molar-refractivity contribution < 1.29 is 9.59 Å². The minimum atomic E-state index is -0.491. The Bertz CT molecular complexity index is 618. The van der Waals surface area contributed by atoms with E-state index in [-0.39, 0.29) is 18.2 Å². The number of aromatic amines is 1. The SMILES string of the molecule is CNCC(=O)NC(Cc1c[nH]c2ccccc12)C(C)=O. The average Bonchev–Trinajstić information content (AvgIpc) is 2.82. The van der Waals surface area contributed by atoms with Gasteiger partial charge >= 0.3 is 0 Å². The summed E-state index contributed by atoms with van der Waals surface area (Å²) in [6.45, 7) is 1.71. The summed E-state index contributed by atoms with van der Waals surface area (Å²) in [4.78, 5) is 26.5. The summed E-state index contributed by atoms with van der Waals surface area (Å²) in [6, 6.07) is 7.42. The molecule has 0 saturated heterocycles. The molecule has 1 aromatic carbocycles. The van der Waals surface area contributed by atoms with Gasteiger partial charge in [0.2, 0.25) is 5.91 Å². The predicted molar refractivity (Wildman–Crippen MR) is 78.5 cm³/mol. The second-order valence-electron chi connectivity index (χ2n) is 4.82. The largest absolute Gasteiger partial charge is 0.361 e. The molecule has 106 valence electrons. The highest BCUT2D eigenvalue weighted by Crippen LogP contribution is 2.19. The molecule has 1 amide bonds. The van der Waals surface area contributed by atoms with E-state index in [1.807, 2.05) is 30.5 Å². The van der Waals surface area contributed by atoms with Crippen LogP contribution in [0.1, 0.15) is 12.5 Å². The maximum Gasteiger partial charge on any atom is 0.234 e. The normalized spacial score (nSPS) is 12.3. The van der Waals surface area contributed by atoms with Crippen LogP contribution >= 0.6 is 0 Å². The van der Waals surface area contributed by atoms with Gasteiger partial charge in [0.1, 0.15) is 0 Å². The van der Waals surface area contributed by atoms with Gasteiger partial charge in [0.15, 0.2) is 5.78 Å². The Morgan fingerprint density at radius 1 is 1.30 bits per heavy atom. The molecule has 5 heteroatoms. The van der Waals surface area contributed by atoms with E-state index in [4.69, 9.17) is 0 Å². The number of nitrogens with one attached hydrogen (secondary N) is 3. The molecule has 0 saturated carbocycles. The lowest BCUT2D eigenvalue weighted by molar-refractivity contribution is -0.126. The molecule has 0 aliphatic carbocycles. The summed E-state index contributed by atoms with van der Waals surface area (Å²) >= 11 is 0. The minimum Gasteiger partial charge on any atom is -0.361 e. The van der Waals surface area contributed by atoms with Crippen molar-refractivity contribution in [2.45, 2.75) is 19.4 Å². The quantitative estimate of drug-likeness (QED) is 0.735. The van der Waals surface area contributed by atoms with Crippen molar-refractivity contribution in [3.8, 4) is 0 Å². The van der Waals surface area contributed by atoms with Crippen LogP contribution in [0.5, 0.6) is 0 Å². The number of ketones is 1. The second-order valence-corrected chi connectivity index (χ2v) is 4.82. The Kier molecular flexibility index (Phi) is 4.53. The summed E-state index contributed by atoms with van der Waals surface area (Å²) in [5.41, 5.74) is 2.07. The van der Waals surface area contributed by atoms with E-state index in [0.29, 0.717) is 6.42 Å². The van der Waals surface area contributed by atoms with Crippen LogP contribution in [0.25, 0.3) is 10.9 Å². The number of H-pyrrole nitrogens is 1. The first-order chi connectivity index (χ1) is 9.61. The minimum absolute atomic E-state index is 0.0419. The van der Waals surface area contributed by atoms with Crippen molar-refractivity contribution in [2.24, 2.45) is 0 Å². The van der Waals surface area contributed by atoms with E-state index in [9.17, 15) is 9.59 Å². The Balaban J connectivity index is 2.15. The van der Waals surface area contributed by atoms with Crippen molar-refractivity contribution in [2.75, 3.05) is 13.6 Å². The number of amides is 1. The van der Waals surface area contributed by atoms with Gasteiger partial charge in [-0.15, -0.1) is 0 Å². The van der Waals surface area contributed by atoms with E-state index in [2.05, 4.69) is 15.6 Å². The molecule has 1 atom stereocenters. The van der Waals surface area contributed by atoms with Crippen LogP contribution in [0.3, 0.4) is 0 Å². The molecule has 20 heavy (non-hydrogen) atoms. The Labute approximate surface area is 117 Å². The maximum atomic E-state index is 11.7. The monoisotopic (exact) mass is 273 g/mol. The molecular formula is C15H19N3O2. The summed E-state index contributed by atoms with van der Waals surface area (Å²) in [5, 5.41) is 6.61. The Morgan fingerprint density at radius 3 is 2.75 bits per heavy atom. The van der Waals surface area contributed by atoms with E-state index in [1.165, 1.54) is 6.92 Å². The molecule has 0 bridgehead atoms. The van der Waals surface area contributed by atoms with Crippen LogP contribution in [0.2, 0.25) is 0 Å². The standard InChI is InChI=1S/C15H19N3O2/c1-10(19)14(18-15(20)9-16-2)7-11-8-17-13-6-4-3-5-12(11)13/h3-6,8,14,16-17H,7,9H2,1-2H3,(H,18,20). The highest BCUT2D eigenvalue weighted by molar-refractivity contribution is 5.89. The second kappa shape index (κ2) is 6.34. The van der Waals surface area contributed by atoms with E-state index >= 15 is 0 Å². The third-order valence-electron chi connectivity index (χ3n) is 3.26. The average molecular weight is 273 g/mol. The fourth-order valence-corrected chi connectivity index (χ4v) is 2.22. The molecule has 2 aromatic rings. The topological polar surface area (TPSA) is 74.0 Å². The van der Waals surface area contributed by atoms with Crippen LogP contribution in [-0.2, 0) is 16.0 Å². The summed E-state index contributed by atoms with van der Waals surface area (Å²) in [5.74, 6) is -0.215. The van der Waals surface area contributed by atoms with Gasteiger partial charge in [-0.05, 0) is 25.6 Å². The first kappa shape index (κ1) is 14.3. The van der Waals surface area contributed by atoms with Gasteiger partial charge in [-0.2, -0.15) is 0 Å². The number of likely N-dealkylation sites (N-methyl/N-ethyl adjacent to an activating group) is 1. The summed E-state index contributed by atoms with van der Waals surface area (Å²) < 4.78 is 0. The number of para-hydroxylation sites is 1. The summed E-state index contributed by atoms with van der Waals surface area (Å²) in [7, 11) is 1.70. The lowest BCUT2D eigenvalue weighted by Crippen LogP contribution is -2.44. The molecule has 1 aromatic heterocycles. The number of rotatable bonds is 6. The molecule has 0 aliphatic rings. The van der Waals surface area contributed by atoms with Crippen LogP contribution in [0, 0.1) is 0 Å². The number of benzene rings is 1. The molecule has 1 heterocycles. The molecule has 0 radical (unpaired) electrons. The van der Waals surface area contributed by atoms with Gasteiger partial charge in [-0.25, -0.2) is 0 Å². The van der Waals surface area contributed by atoms with Crippen LogP contribution in [-0.4, -0.2) is 36.3 Å². The third kappa shape index (κ3) is 3.24. The molecule has 0 fully saturated rings. The van der Waals surface area contributed by atoms with Crippen molar-refractivity contribution in [1.29, 1.82) is 0 Å². The summed E-state index contributed by atoms with van der Waals surface area (Å²) in [6.07, 6.45) is 2.39. The lowest BCUT2D eigenvalue weighted by Gasteiger charge is -2.15. The van der Waals surface area contributed by atoms with Crippen molar-refractivity contribution in [3.63, 3.8) is 0 Å². The Morgan fingerprint density at radius 2 is 2.05 bits per heavy atom. The first-order valence-corrected chi connectivity index (χ1v) is 6.61. The van der Waals surface area contributed by atoms with Gasteiger partial charge in [0.05, 0.1) is 12.6 Å². The highest BCUT2D eigenvalue weighted by atomic mass is 16.2. The molecular weight excluding hydrogens is 254 g/mol. The number of aromatic nitrogens is 1. The van der Waals surface area contributed by atoms with Crippen LogP contribution in [0.15, 0.2) is 30.5 Å². The first-order valence-electron chi connectivity index (χ1n) is 6.61. The highest BCUT2D eigenvalue weighted by Gasteiger charge is 2.18. The zero-order chi connectivity index (χ0) is 14.5. The fraction of sp³-hybridized carbons (Fsp3) is 0.333. The van der Waals surface area contributed by atoms with Gasteiger partial charge in [-0.3, -0.25) is 9.59 Å². The van der Waals surface area contributed by atoms with Crippen molar-refractivity contribution in [3.05, 3.63) is 36.0 Å². The van der Waals surface area contributed by atoms with E-state index < -0.39 is 6.04 Å². The molecule has 2 rings (SSSR count). The molecule has 0 spiro atoms. The fourth-order valence-electron chi connectivity index (χ4n) is 2.22. The van der Waals surface area contributed by atoms with Gasteiger partial charge in [0.25, 0.3) is 0 Å². The van der Waals surface area contributed by atoms with E-state index in [1.54, 1.807) is 7.05 Å². The Hall–Kier alpha value is -2.14. The smallest absolute Gasteiger partial charge is 0.234 e. The van der Waals surface area contributed by atoms with E-state index in [0.717, 1.165) is 16.5 Å². The van der Waals surface area contributed by atoms with Crippen molar-refractivity contribution >= 4 is 22.6 Å². The lowest BCUT2D eigenvalue weighted by atomic mass is 10.0. The van der Waals surface area contributed by atoms with Gasteiger partial charge in [-0.1, -0.05) is 18.2 Å². The molecule has 0 aliphatic heterocycles. The predicted octanol–water partition coefficient (Wildman–Crippen LogP) is 1.00. The van der Waals surface area contributed by atoms with Crippen LogP contribution in [0.4, 0.5) is 0 Å². The zero-order valence-electron chi connectivity index (χ0n) is 11.7. The number of carbonyl (C=O) groups is 2. The number of Topliss-reactive ketones (excluding diaryl/α,β-unsaturated/α-hetero) is 1. The maximum absolute atomic E-state index is 11.7. The molecule has 3 N–H and O–H groups in total. The third-order valence-corrected chi connectivity index (χ3v) is 3.26. The number of hydrogen-bond donors (Lipinski definition) is 3. The molecule has 5 nitrogen and oxygen atoms in total. The number of carbonyl (C=O) groups excluding carboxylic acids is 2. The van der Waals surface area contributed by atoms with Gasteiger partial charge < -0.3 is 15.6 Å². The van der Waals surface area contributed by atoms with Gasteiger partial charge in [0, 0.05) is 23.5 Å². The molecule has 1 unspecified atom stereocenters. The van der Waals surface area contributed by atoms with Crippen LogP contribution < -0.4 is 10.6 Å². The van der Waals surface area contributed by atoms with Crippen molar-refractivity contribution in [1.82, 2.24) is 15.6 Å². The zero-order valence-corrected chi connectivity index (χ0v) is 11.7. The number of hydrogen-bond acceptors (Lipinski definition) is 3.